The van der Waals surface area contributed by atoms with E-state index < -0.39 is 10.0 Å². The minimum absolute atomic E-state index is 0.0506. The highest BCUT2D eigenvalue weighted by Crippen LogP contribution is 2.35. The molecule has 2 aromatic carbocycles. The summed E-state index contributed by atoms with van der Waals surface area (Å²) in [7, 11) is -3.66. The molecule has 5 rings (SSSR count). The van der Waals surface area contributed by atoms with Gasteiger partial charge in [-0.25, -0.2) is 8.42 Å². The number of carbonyl (C=O) groups is 2. The average Bonchev–Trinajstić information content (AvgIpc) is 2.87. The molecule has 8 heteroatoms. The number of anilines is 2. The third kappa shape index (κ3) is 4.93. The van der Waals surface area contributed by atoms with Gasteiger partial charge in [0.25, 0.3) is 0 Å². The number of benzene rings is 2. The van der Waals surface area contributed by atoms with Crippen LogP contribution in [0.5, 0.6) is 0 Å². The monoisotopic (exact) mass is 509 g/mol. The van der Waals surface area contributed by atoms with Crippen molar-refractivity contribution in [2.45, 2.75) is 63.2 Å². The molecule has 192 valence electrons. The van der Waals surface area contributed by atoms with E-state index in [0.717, 1.165) is 61.0 Å². The lowest BCUT2D eigenvalue weighted by molar-refractivity contribution is -0.124. The fourth-order valence-corrected chi connectivity index (χ4v) is 6.98. The number of hydrogen-bond donors (Lipinski definition) is 1. The number of piperidine rings is 1. The molecule has 2 aliphatic heterocycles. The van der Waals surface area contributed by atoms with E-state index in [1.54, 1.807) is 12.1 Å². The molecule has 1 aliphatic carbocycles. The van der Waals surface area contributed by atoms with Crippen LogP contribution < -0.4 is 10.2 Å². The third-order valence-corrected chi connectivity index (χ3v) is 9.85. The Balaban J connectivity index is 1.24. The summed E-state index contributed by atoms with van der Waals surface area (Å²) in [6.07, 6.45) is 6.52. The second-order valence-electron chi connectivity index (χ2n) is 10.2. The second-order valence-corrected chi connectivity index (χ2v) is 12.2. The second kappa shape index (κ2) is 10.3. The number of nitrogens with one attached hydrogen (secondary N) is 1. The van der Waals surface area contributed by atoms with Gasteiger partial charge in [-0.2, -0.15) is 4.31 Å². The standard InChI is InChI=1S/C28H35N3O4S/c1-2-20-6-3-10-24(18-20)29-27(32)21-13-16-30(17-14-21)36(34,35)25-11-12-26-23(19-25)9-5-15-31(26)28(33)22-7-4-8-22/h3,6,10-12,18-19,21-22H,2,4-5,7-9,13-17H2,1H3,(H,29,32). The molecule has 0 unspecified atom stereocenters. The van der Waals surface area contributed by atoms with Crippen molar-refractivity contribution in [1.82, 2.24) is 4.31 Å². The fourth-order valence-electron chi connectivity index (χ4n) is 5.46. The summed E-state index contributed by atoms with van der Waals surface area (Å²) in [6.45, 7) is 3.41. The lowest BCUT2D eigenvalue weighted by Gasteiger charge is -2.35. The van der Waals surface area contributed by atoms with Crippen LogP contribution in [-0.4, -0.2) is 44.2 Å². The SMILES string of the molecule is CCc1cccc(NC(=O)C2CCN(S(=O)(=O)c3ccc4c(c3)CCCN4C(=O)C3CCC3)CC2)c1. The molecule has 2 heterocycles. The Morgan fingerprint density at radius 2 is 1.72 bits per heavy atom. The molecule has 1 saturated heterocycles. The number of carbonyl (C=O) groups excluding carboxylic acids is 2. The zero-order valence-corrected chi connectivity index (χ0v) is 21.7. The highest BCUT2D eigenvalue weighted by Gasteiger charge is 2.35. The zero-order chi connectivity index (χ0) is 25.3. The maximum Gasteiger partial charge on any atom is 0.243 e. The zero-order valence-electron chi connectivity index (χ0n) is 20.9. The van der Waals surface area contributed by atoms with Crippen molar-refractivity contribution >= 4 is 33.2 Å². The Kier molecular flexibility index (Phi) is 7.17. The summed E-state index contributed by atoms with van der Waals surface area (Å²) >= 11 is 0. The topological polar surface area (TPSA) is 86.8 Å². The van der Waals surface area contributed by atoms with Gasteiger partial charge in [-0.1, -0.05) is 25.5 Å². The number of rotatable bonds is 6. The summed E-state index contributed by atoms with van der Waals surface area (Å²) in [4.78, 5) is 27.8. The molecule has 2 aromatic rings. The van der Waals surface area contributed by atoms with E-state index in [-0.39, 0.29) is 28.5 Å². The Morgan fingerprint density at radius 3 is 2.42 bits per heavy atom. The predicted octanol–water partition coefficient (Wildman–Crippen LogP) is 4.37. The maximum atomic E-state index is 13.4. The van der Waals surface area contributed by atoms with E-state index in [4.69, 9.17) is 0 Å². The molecule has 0 spiro atoms. The molecule has 0 atom stereocenters. The molecule has 1 saturated carbocycles. The fraction of sp³-hybridized carbons (Fsp3) is 0.500. The molecular weight excluding hydrogens is 474 g/mol. The van der Waals surface area contributed by atoms with E-state index in [0.29, 0.717) is 32.5 Å². The molecule has 0 aromatic heterocycles. The van der Waals surface area contributed by atoms with Gasteiger partial charge in [0, 0.05) is 42.8 Å². The van der Waals surface area contributed by atoms with E-state index in [1.165, 1.54) is 4.31 Å². The van der Waals surface area contributed by atoms with Crippen LogP contribution >= 0.6 is 0 Å². The number of nitrogens with zero attached hydrogens (tertiary/aromatic N) is 2. The maximum absolute atomic E-state index is 13.4. The predicted molar refractivity (Wildman–Crippen MR) is 140 cm³/mol. The van der Waals surface area contributed by atoms with Crippen LogP contribution in [-0.2, 0) is 32.5 Å². The number of aryl methyl sites for hydroxylation is 2. The highest BCUT2D eigenvalue weighted by molar-refractivity contribution is 7.89. The third-order valence-electron chi connectivity index (χ3n) is 7.96. The average molecular weight is 510 g/mol. The van der Waals surface area contributed by atoms with Gasteiger partial charge in [-0.05, 0) is 86.4 Å². The number of fused-ring (bicyclic) bond motifs is 1. The van der Waals surface area contributed by atoms with E-state index in [1.807, 2.05) is 35.2 Å². The van der Waals surface area contributed by atoms with Crippen molar-refractivity contribution in [3.8, 4) is 0 Å². The van der Waals surface area contributed by atoms with Crippen molar-refractivity contribution in [3.63, 3.8) is 0 Å². The van der Waals surface area contributed by atoms with Crippen molar-refractivity contribution in [2.24, 2.45) is 11.8 Å². The minimum Gasteiger partial charge on any atom is -0.326 e. The van der Waals surface area contributed by atoms with Crippen molar-refractivity contribution in [2.75, 3.05) is 29.9 Å². The first-order chi connectivity index (χ1) is 17.4. The summed E-state index contributed by atoms with van der Waals surface area (Å²) in [6, 6.07) is 13.0. The number of amides is 2. The molecule has 1 N–H and O–H groups in total. The Labute approximate surface area is 213 Å². The van der Waals surface area contributed by atoms with Gasteiger partial charge >= 0.3 is 0 Å². The number of hydrogen-bond acceptors (Lipinski definition) is 4. The summed E-state index contributed by atoms with van der Waals surface area (Å²) < 4.78 is 28.4. The first-order valence-electron chi connectivity index (χ1n) is 13.2. The van der Waals surface area contributed by atoms with Gasteiger partial charge in [-0.15, -0.1) is 0 Å². The van der Waals surface area contributed by atoms with Gasteiger partial charge in [-0.3, -0.25) is 9.59 Å². The van der Waals surface area contributed by atoms with Crippen LogP contribution in [0.15, 0.2) is 47.4 Å². The first kappa shape index (κ1) is 25.0. The smallest absolute Gasteiger partial charge is 0.243 e. The van der Waals surface area contributed by atoms with Crippen LogP contribution in [0.25, 0.3) is 0 Å². The Hall–Kier alpha value is -2.71. The Bertz CT molecular complexity index is 1250. The molecule has 2 amide bonds. The molecule has 7 nitrogen and oxygen atoms in total. The van der Waals surface area contributed by atoms with Crippen LogP contribution in [0.3, 0.4) is 0 Å². The largest absolute Gasteiger partial charge is 0.326 e. The van der Waals surface area contributed by atoms with Gasteiger partial charge in [0.2, 0.25) is 21.8 Å². The van der Waals surface area contributed by atoms with Crippen molar-refractivity contribution in [3.05, 3.63) is 53.6 Å². The summed E-state index contributed by atoms with van der Waals surface area (Å²) in [5.74, 6) is 0.0367. The van der Waals surface area contributed by atoms with Gasteiger partial charge in [0.05, 0.1) is 4.90 Å². The van der Waals surface area contributed by atoms with Crippen molar-refractivity contribution in [1.29, 1.82) is 0 Å². The van der Waals surface area contributed by atoms with Crippen LogP contribution in [0, 0.1) is 11.8 Å². The lowest BCUT2D eigenvalue weighted by atomic mass is 9.83. The van der Waals surface area contributed by atoms with Crippen LogP contribution in [0.2, 0.25) is 0 Å². The lowest BCUT2D eigenvalue weighted by Crippen LogP contribution is -2.42. The quantitative estimate of drug-likeness (QED) is 0.627. The van der Waals surface area contributed by atoms with Gasteiger partial charge in [0.1, 0.15) is 0 Å². The van der Waals surface area contributed by atoms with E-state index >= 15 is 0 Å². The molecule has 0 radical (unpaired) electrons. The normalized spacial score (nSPS) is 19.4. The van der Waals surface area contributed by atoms with Crippen LogP contribution in [0.4, 0.5) is 11.4 Å². The molecular formula is C28H35N3O4S. The molecule has 0 bridgehead atoms. The summed E-state index contributed by atoms with van der Waals surface area (Å²) in [5.41, 5.74) is 3.74. The molecule has 36 heavy (non-hydrogen) atoms. The van der Waals surface area contributed by atoms with Gasteiger partial charge in [0.15, 0.2) is 0 Å². The van der Waals surface area contributed by atoms with E-state index in [9.17, 15) is 18.0 Å². The minimum atomic E-state index is -3.66. The van der Waals surface area contributed by atoms with Crippen molar-refractivity contribution < 1.29 is 18.0 Å². The summed E-state index contributed by atoms with van der Waals surface area (Å²) in [5, 5.41) is 3.00. The Morgan fingerprint density at radius 1 is 0.944 bits per heavy atom. The molecule has 3 aliphatic rings. The van der Waals surface area contributed by atoms with Crippen LogP contribution in [0.1, 0.15) is 56.6 Å². The van der Waals surface area contributed by atoms with Gasteiger partial charge < -0.3 is 10.2 Å². The molecule has 2 fully saturated rings. The first-order valence-corrected chi connectivity index (χ1v) is 14.6. The highest BCUT2D eigenvalue weighted by atomic mass is 32.2. The van der Waals surface area contributed by atoms with E-state index in [2.05, 4.69) is 12.2 Å². The number of sulfonamides is 1.